The number of anilines is 2. The first kappa shape index (κ1) is 20.1. The molecule has 1 saturated carbocycles. The topological polar surface area (TPSA) is 59.6 Å². The first-order valence-corrected chi connectivity index (χ1v) is 10.1. The highest BCUT2D eigenvalue weighted by molar-refractivity contribution is 5.91. The van der Waals surface area contributed by atoms with Crippen molar-refractivity contribution >= 4 is 17.3 Å². The molecule has 0 radical (unpaired) electrons. The second-order valence-corrected chi connectivity index (χ2v) is 7.26. The SMILES string of the molecule is COc1cccc(CCC(=O)Nc2ccc(NC3CCCCC3)cc2)c1OC. The van der Waals surface area contributed by atoms with Crippen molar-refractivity contribution in [2.45, 2.75) is 51.0 Å². The fourth-order valence-corrected chi connectivity index (χ4v) is 3.75. The highest BCUT2D eigenvalue weighted by atomic mass is 16.5. The smallest absolute Gasteiger partial charge is 0.224 e. The summed E-state index contributed by atoms with van der Waals surface area (Å²) in [6.07, 6.45) is 7.43. The molecule has 1 amide bonds. The van der Waals surface area contributed by atoms with E-state index in [2.05, 4.69) is 10.6 Å². The summed E-state index contributed by atoms with van der Waals surface area (Å²) in [7, 11) is 3.23. The third-order valence-electron chi connectivity index (χ3n) is 5.25. The molecule has 5 heteroatoms. The molecule has 28 heavy (non-hydrogen) atoms. The molecule has 2 aromatic carbocycles. The molecule has 0 atom stereocenters. The third-order valence-corrected chi connectivity index (χ3v) is 5.25. The highest BCUT2D eigenvalue weighted by Gasteiger charge is 2.13. The first-order valence-electron chi connectivity index (χ1n) is 10.1. The maximum atomic E-state index is 12.3. The molecule has 0 saturated heterocycles. The van der Waals surface area contributed by atoms with Crippen molar-refractivity contribution in [2.75, 3.05) is 24.9 Å². The molecule has 1 fully saturated rings. The molecule has 0 aliphatic heterocycles. The van der Waals surface area contributed by atoms with Crippen molar-refractivity contribution in [3.05, 3.63) is 48.0 Å². The predicted molar refractivity (Wildman–Crippen MR) is 113 cm³/mol. The van der Waals surface area contributed by atoms with Crippen molar-refractivity contribution in [3.8, 4) is 11.5 Å². The van der Waals surface area contributed by atoms with Gasteiger partial charge in [-0.05, 0) is 55.2 Å². The number of hydrogen-bond donors (Lipinski definition) is 2. The van der Waals surface area contributed by atoms with E-state index in [1.807, 2.05) is 42.5 Å². The molecular formula is C23H30N2O3. The molecule has 1 aliphatic carbocycles. The minimum absolute atomic E-state index is 0.0159. The number of hydrogen-bond acceptors (Lipinski definition) is 4. The van der Waals surface area contributed by atoms with Crippen LogP contribution in [0.5, 0.6) is 11.5 Å². The zero-order valence-corrected chi connectivity index (χ0v) is 16.8. The van der Waals surface area contributed by atoms with Gasteiger partial charge in [-0.25, -0.2) is 0 Å². The number of para-hydroxylation sites is 1. The lowest BCUT2D eigenvalue weighted by Gasteiger charge is -2.23. The monoisotopic (exact) mass is 382 g/mol. The fourth-order valence-electron chi connectivity index (χ4n) is 3.75. The molecule has 0 heterocycles. The van der Waals surface area contributed by atoms with Crippen LogP contribution >= 0.6 is 0 Å². The van der Waals surface area contributed by atoms with E-state index >= 15 is 0 Å². The van der Waals surface area contributed by atoms with E-state index < -0.39 is 0 Å². The summed E-state index contributed by atoms with van der Waals surface area (Å²) < 4.78 is 10.7. The normalized spacial score (nSPS) is 14.4. The first-order chi connectivity index (χ1) is 13.7. The van der Waals surface area contributed by atoms with Crippen molar-refractivity contribution in [2.24, 2.45) is 0 Å². The Morgan fingerprint density at radius 1 is 0.964 bits per heavy atom. The van der Waals surface area contributed by atoms with E-state index in [1.165, 1.54) is 32.1 Å². The Morgan fingerprint density at radius 3 is 2.36 bits per heavy atom. The maximum Gasteiger partial charge on any atom is 0.224 e. The number of carbonyl (C=O) groups is 1. The van der Waals surface area contributed by atoms with Gasteiger partial charge in [0.05, 0.1) is 14.2 Å². The predicted octanol–water partition coefficient (Wildman–Crippen LogP) is 5.02. The van der Waals surface area contributed by atoms with Crippen LogP contribution in [0.25, 0.3) is 0 Å². The van der Waals surface area contributed by atoms with Gasteiger partial charge in [0.2, 0.25) is 5.91 Å². The van der Waals surface area contributed by atoms with Crippen LogP contribution in [-0.2, 0) is 11.2 Å². The Hall–Kier alpha value is -2.69. The number of ether oxygens (including phenoxy) is 2. The van der Waals surface area contributed by atoms with Gasteiger partial charge in [-0.3, -0.25) is 4.79 Å². The Labute approximate surface area is 167 Å². The lowest BCUT2D eigenvalue weighted by molar-refractivity contribution is -0.116. The number of nitrogens with one attached hydrogen (secondary N) is 2. The summed E-state index contributed by atoms with van der Waals surface area (Å²) in [6, 6.07) is 14.3. The van der Waals surface area contributed by atoms with Crippen molar-refractivity contribution in [1.29, 1.82) is 0 Å². The van der Waals surface area contributed by atoms with E-state index in [1.54, 1.807) is 14.2 Å². The lowest BCUT2D eigenvalue weighted by atomic mass is 9.95. The van der Waals surface area contributed by atoms with Crippen LogP contribution in [0.15, 0.2) is 42.5 Å². The summed E-state index contributed by atoms with van der Waals surface area (Å²) in [5, 5.41) is 6.56. The molecule has 2 N–H and O–H groups in total. The van der Waals surface area contributed by atoms with E-state index in [-0.39, 0.29) is 5.91 Å². The van der Waals surface area contributed by atoms with Crippen LogP contribution < -0.4 is 20.1 Å². The lowest BCUT2D eigenvalue weighted by Crippen LogP contribution is -2.22. The van der Waals surface area contributed by atoms with Gasteiger partial charge >= 0.3 is 0 Å². The Kier molecular flexibility index (Phi) is 7.18. The van der Waals surface area contributed by atoms with Crippen molar-refractivity contribution in [3.63, 3.8) is 0 Å². The fraction of sp³-hybridized carbons (Fsp3) is 0.435. The molecule has 0 aromatic heterocycles. The molecule has 150 valence electrons. The summed E-state index contributed by atoms with van der Waals surface area (Å²) in [4.78, 5) is 12.3. The zero-order valence-electron chi connectivity index (χ0n) is 16.8. The largest absolute Gasteiger partial charge is 0.493 e. The molecular weight excluding hydrogens is 352 g/mol. The van der Waals surface area contributed by atoms with Crippen LogP contribution in [0.1, 0.15) is 44.1 Å². The van der Waals surface area contributed by atoms with Gasteiger partial charge in [0.1, 0.15) is 0 Å². The minimum Gasteiger partial charge on any atom is -0.493 e. The molecule has 0 spiro atoms. The number of aryl methyl sites for hydroxylation is 1. The standard InChI is InChI=1S/C23H30N2O3/c1-27-21-10-6-7-17(23(21)28-2)11-16-22(26)25-20-14-12-19(13-15-20)24-18-8-4-3-5-9-18/h6-7,10,12-15,18,24H,3-5,8-9,11,16H2,1-2H3,(H,25,26). The number of benzene rings is 2. The summed E-state index contributed by atoms with van der Waals surface area (Å²) >= 11 is 0. The number of amides is 1. The van der Waals surface area contributed by atoms with Crippen molar-refractivity contribution in [1.82, 2.24) is 0 Å². The number of rotatable bonds is 8. The van der Waals surface area contributed by atoms with Crippen LogP contribution in [0.4, 0.5) is 11.4 Å². The second-order valence-electron chi connectivity index (χ2n) is 7.26. The average molecular weight is 383 g/mol. The summed E-state index contributed by atoms with van der Waals surface area (Å²) in [5.74, 6) is 1.36. The highest BCUT2D eigenvalue weighted by Crippen LogP contribution is 2.31. The quantitative estimate of drug-likeness (QED) is 0.673. The second kappa shape index (κ2) is 10.0. The summed E-state index contributed by atoms with van der Waals surface area (Å²) in [5.41, 5.74) is 2.90. The van der Waals surface area contributed by atoms with Crippen molar-refractivity contribution < 1.29 is 14.3 Å². The van der Waals surface area contributed by atoms with Crippen LogP contribution in [0.3, 0.4) is 0 Å². The maximum absolute atomic E-state index is 12.3. The van der Waals surface area contributed by atoms with E-state index in [9.17, 15) is 4.79 Å². The number of methoxy groups -OCH3 is 2. The van der Waals surface area contributed by atoms with Gasteiger partial charge in [0.15, 0.2) is 11.5 Å². The van der Waals surface area contributed by atoms with Gasteiger partial charge in [-0.15, -0.1) is 0 Å². The third kappa shape index (κ3) is 5.41. The molecule has 3 rings (SSSR count). The van der Waals surface area contributed by atoms with E-state index in [0.717, 1.165) is 16.9 Å². The number of carbonyl (C=O) groups excluding carboxylic acids is 1. The minimum atomic E-state index is -0.0159. The van der Waals surface area contributed by atoms with Gasteiger partial charge < -0.3 is 20.1 Å². The van der Waals surface area contributed by atoms with Gasteiger partial charge in [-0.2, -0.15) is 0 Å². The van der Waals surface area contributed by atoms with Gasteiger partial charge in [-0.1, -0.05) is 31.4 Å². The van der Waals surface area contributed by atoms with Gasteiger partial charge in [0, 0.05) is 23.8 Å². The molecule has 5 nitrogen and oxygen atoms in total. The Morgan fingerprint density at radius 2 is 1.68 bits per heavy atom. The van der Waals surface area contributed by atoms with E-state index in [0.29, 0.717) is 30.4 Å². The molecule has 0 bridgehead atoms. The molecule has 2 aromatic rings. The van der Waals surface area contributed by atoms with Crippen LogP contribution in [0.2, 0.25) is 0 Å². The summed E-state index contributed by atoms with van der Waals surface area (Å²) in [6.45, 7) is 0. The van der Waals surface area contributed by atoms with Gasteiger partial charge in [0.25, 0.3) is 0 Å². The Balaban J connectivity index is 1.51. The average Bonchev–Trinajstić information content (AvgIpc) is 2.74. The van der Waals surface area contributed by atoms with E-state index in [4.69, 9.17) is 9.47 Å². The molecule has 0 unspecified atom stereocenters. The van der Waals surface area contributed by atoms with Crippen LogP contribution in [0, 0.1) is 0 Å². The Bertz CT molecular complexity index is 768. The molecule has 1 aliphatic rings. The zero-order chi connectivity index (χ0) is 19.8. The van der Waals surface area contributed by atoms with Crippen LogP contribution in [-0.4, -0.2) is 26.2 Å².